The first kappa shape index (κ1) is 18.8. The molecule has 27 heavy (non-hydrogen) atoms. The van der Waals surface area contributed by atoms with Crippen molar-refractivity contribution >= 4 is 64.0 Å². The summed E-state index contributed by atoms with van der Waals surface area (Å²) in [5.41, 5.74) is 0.163. The fourth-order valence-corrected chi connectivity index (χ4v) is 3.18. The summed E-state index contributed by atoms with van der Waals surface area (Å²) in [5.74, 6) is -4.09. The van der Waals surface area contributed by atoms with Gasteiger partial charge in [0.2, 0.25) is 11.8 Å². The number of rotatable bonds is 2. The molecular formula is C17H14N4O4S2. The van der Waals surface area contributed by atoms with Crippen LogP contribution in [0.25, 0.3) is 0 Å². The minimum atomic E-state index is -1.38. The van der Waals surface area contributed by atoms with Crippen LogP contribution in [0.3, 0.4) is 0 Å². The Kier molecular flexibility index (Phi) is 4.85. The smallest absolute Gasteiger partial charge is 0.265 e. The molecule has 1 aromatic carbocycles. The van der Waals surface area contributed by atoms with E-state index in [1.807, 2.05) is 0 Å². The molecular weight excluding hydrogens is 388 g/mol. The topological polar surface area (TPSA) is 90.0 Å². The van der Waals surface area contributed by atoms with E-state index in [1.54, 1.807) is 30.3 Å². The van der Waals surface area contributed by atoms with Crippen molar-refractivity contribution in [1.29, 1.82) is 0 Å². The summed E-state index contributed by atoms with van der Waals surface area (Å²) in [7, 11) is 2.82. The number of likely N-dealkylation sites (N-methyl/N-ethyl adjacent to an activating group) is 2. The molecule has 0 aromatic heterocycles. The van der Waals surface area contributed by atoms with E-state index in [4.69, 9.17) is 24.4 Å². The highest BCUT2D eigenvalue weighted by atomic mass is 32.1. The number of carbonyl (C=O) groups is 4. The van der Waals surface area contributed by atoms with Crippen LogP contribution in [0.1, 0.15) is 0 Å². The number of anilines is 1. The molecule has 8 nitrogen and oxygen atoms in total. The number of thiocarbonyl (C=S) groups is 2. The maximum Gasteiger partial charge on any atom is 0.265 e. The highest BCUT2D eigenvalue weighted by Crippen LogP contribution is 2.24. The Hall–Kier alpha value is -2.98. The molecule has 1 N–H and O–H groups in total. The van der Waals surface area contributed by atoms with Crippen molar-refractivity contribution in [2.75, 3.05) is 19.0 Å². The van der Waals surface area contributed by atoms with Gasteiger partial charge in [-0.25, -0.2) is 0 Å². The van der Waals surface area contributed by atoms with E-state index < -0.39 is 29.5 Å². The van der Waals surface area contributed by atoms with E-state index in [0.717, 1.165) is 20.8 Å². The zero-order valence-corrected chi connectivity index (χ0v) is 16.0. The molecule has 10 heteroatoms. The van der Waals surface area contributed by atoms with E-state index in [0.29, 0.717) is 5.69 Å². The van der Waals surface area contributed by atoms with Gasteiger partial charge in [-0.3, -0.25) is 33.9 Å². The molecule has 1 aromatic rings. The molecule has 138 valence electrons. The number of nitrogens with zero attached hydrogens (tertiary/aromatic N) is 3. The molecule has 4 amide bonds. The number of hydrogen-bond donors (Lipinski definition) is 1. The van der Waals surface area contributed by atoms with Crippen LogP contribution in [-0.2, 0) is 19.2 Å². The molecule has 1 atom stereocenters. The maximum atomic E-state index is 12.9. The fraction of sp³-hybridized carbons (Fsp3) is 0.176. The molecule has 2 saturated heterocycles. The first-order chi connectivity index (χ1) is 12.7. The number of benzene rings is 1. The number of hydrogen-bond acceptors (Lipinski definition) is 6. The molecule has 2 aliphatic rings. The van der Waals surface area contributed by atoms with Gasteiger partial charge in [-0.05, 0) is 42.6 Å². The lowest BCUT2D eigenvalue weighted by molar-refractivity contribution is -0.132. The summed E-state index contributed by atoms with van der Waals surface area (Å²) in [6.45, 7) is 0. The predicted molar refractivity (Wildman–Crippen MR) is 104 cm³/mol. The Morgan fingerprint density at radius 2 is 1.52 bits per heavy atom. The average Bonchev–Trinajstić information content (AvgIpc) is 2.65. The third-order valence-electron chi connectivity index (χ3n) is 4.19. The van der Waals surface area contributed by atoms with Gasteiger partial charge in [0.25, 0.3) is 11.8 Å². The molecule has 2 heterocycles. The van der Waals surface area contributed by atoms with Crippen LogP contribution in [0.2, 0.25) is 0 Å². The van der Waals surface area contributed by atoms with E-state index in [2.05, 4.69) is 5.32 Å². The molecule has 0 bridgehead atoms. The van der Waals surface area contributed by atoms with Crippen molar-refractivity contribution in [3.8, 4) is 0 Å². The van der Waals surface area contributed by atoms with Gasteiger partial charge in [0, 0.05) is 14.1 Å². The van der Waals surface area contributed by atoms with Gasteiger partial charge >= 0.3 is 0 Å². The van der Waals surface area contributed by atoms with Crippen molar-refractivity contribution in [3.05, 3.63) is 42.0 Å². The second-order valence-corrected chi connectivity index (χ2v) is 6.62. The molecule has 0 unspecified atom stereocenters. The Morgan fingerprint density at radius 1 is 0.963 bits per heavy atom. The molecule has 2 fully saturated rings. The quantitative estimate of drug-likeness (QED) is 0.329. The first-order valence-electron chi connectivity index (χ1n) is 7.79. The van der Waals surface area contributed by atoms with E-state index in [-0.39, 0.29) is 15.8 Å². The maximum absolute atomic E-state index is 12.9. The minimum Gasteiger partial charge on any atom is -0.301 e. The van der Waals surface area contributed by atoms with Crippen molar-refractivity contribution in [2.24, 2.45) is 5.92 Å². The lowest BCUT2D eigenvalue weighted by atomic mass is 9.98. The van der Waals surface area contributed by atoms with Crippen molar-refractivity contribution in [2.45, 2.75) is 0 Å². The number of nitrogens with one attached hydrogen (secondary N) is 1. The Labute approximate surface area is 165 Å². The highest BCUT2D eigenvalue weighted by molar-refractivity contribution is 7.80. The van der Waals surface area contributed by atoms with Crippen LogP contribution in [0.5, 0.6) is 0 Å². The summed E-state index contributed by atoms with van der Waals surface area (Å²) in [6, 6.07) is 8.51. The second kappa shape index (κ2) is 6.97. The van der Waals surface area contributed by atoms with Crippen LogP contribution in [0.15, 0.2) is 42.0 Å². The summed E-state index contributed by atoms with van der Waals surface area (Å²) in [6.07, 6.45) is 1.06. The van der Waals surface area contributed by atoms with E-state index in [1.165, 1.54) is 14.1 Å². The van der Waals surface area contributed by atoms with E-state index in [9.17, 15) is 19.2 Å². The average molecular weight is 402 g/mol. The molecule has 0 radical (unpaired) electrons. The summed E-state index contributed by atoms with van der Waals surface area (Å²) in [4.78, 5) is 53.5. The van der Waals surface area contributed by atoms with Crippen LogP contribution >= 0.6 is 24.4 Å². The van der Waals surface area contributed by atoms with Crippen molar-refractivity contribution < 1.29 is 19.2 Å². The normalized spacial score (nSPS) is 21.0. The van der Waals surface area contributed by atoms with Gasteiger partial charge in [0.1, 0.15) is 11.5 Å². The molecule has 0 saturated carbocycles. The Morgan fingerprint density at radius 3 is 2.07 bits per heavy atom. The van der Waals surface area contributed by atoms with Gasteiger partial charge in [-0.1, -0.05) is 18.2 Å². The standard InChI is InChI=1S/C17H14N4O4S2/c1-19-13(23)11(14(24)20(2)17(19)27)8-10-12(22)18-16(26)21(15(10)25)9-6-4-3-5-7-9/h3-8,10H,1-2H3,(H,18,22,26)/t10-/m1/s1. The highest BCUT2D eigenvalue weighted by Gasteiger charge is 2.42. The van der Waals surface area contributed by atoms with Crippen molar-refractivity contribution in [1.82, 2.24) is 15.1 Å². The minimum absolute atomic E-state index is 0.0358. The largest absolute Gasteiger partial charge is 0.301 e. The lowest BCUT2D eigenvalue weighted by Gasteiger charge is -2.34. The van der Waals surface area contributed by atoms with Gasteiger partial charge in [0.15, 0.2) is 10.2 Å². The Bertz CT molecular complexity index is 902. The SMILES string of the molecule is CN1C(=O)C(=C[C@@H]2C(=O)NC(=S)N(c3ccccc3)C2=O)C(=O)N(C)C1=S. The molecule has 0 aliphatic carbocycles. The first-order valence-corrected chi connectivity index (χ1v) is 8.61. The summed E-state index contributed by atoms with van der Waals surface area (Å²) >= 11 is 10.1. The van der Waals surface area contributed by atoms with Crippen LogP contribution in [0, 0.1) is 5.92 Å². The number of para-hydroxylation sites is 1. The van der Waals surface area contributed by atoms with Crippen LogP contribution in [-0.4, -0.2) is 57.7 Å². The third-order valence-corrected chi connectivity index (χ3v) is 5.03. The number of carbonyl (C=O) groups excluding carboxylic acids is 4. The zero-order chi connectivity index (χ0) is 19.9. The van der Waals surface area contributed by atoms with Crippen LogP contribution < -0.4 is 10.2 Å². The van der Waals surface area contributed by atoms with Gasteiger partial charge in [0.05, 0.1) is 5.69 Å². The predicted octanol–water partition coefficient (Wildman–Crippen LogP) is 0.192. The molecule has 2 aliphatic heterocycles. The second-order valence-electron chi connectivity index (χ2n) is 5.87. The lowest BCUT2D eigenvalue weighted by Crippen LogP contribution is -2.58. The summed E-state index contributed by atoms with van der Waals surface area (Å²) in [5, 5.41) is 2.40. The van der Waals surface area contributed by atoms with Crippen molar-refractivity contribution in [3.63, 3.8) is 0 Å². The van der Waals surface area contributed by atoms with Crippen LogP contribution in [0.4, 0.5) is 5.69 Å². The third kappa shape index (κ3) is 3.13. The van der Waals surface area contributed by atoms with E-state index >= 15 is 0 Å². The summed E-state index contributed by atoms with van der Waals surface area (Å²) < 4.78 is 0. The number of amides is 4. The molecule has 3 rings (SSSR count). The van der Waals surface area contributed by atoms with Gasteiger partial charge in [-0.2, -0.15) is 0 Å². The fourth-order valence-electron chi connectivity index (χ4n) is 2.72. The van der Waals surface area contributed by atoms with Gasteiger partial charge in [-0.15, -0.1) is 0 Å². The van der Waals surface area contributed by atoms with Gasteiger partial charge < -0.3 is 5.32 Å². The zero-order valence-electron chi connectivity index (χ0n) is 14.3. The monoisotopic (exact) mass is 402 g/mol. The Balaban J connectivity index is 2.01. The molecule has 0 spiro atoms.